The fourth-order valence-electron chi connectivity index (χ4n) is 4.58. The molecule has 36 heavy (non-hydrogen) atoms. The van der Waals surface area contributed by atoms with Crippen LogP contribution >= 0.6 is 0 Å². The lowest BCUT2D eigenvalue weighted by atomic mass is 10.0. The van der Waals surface area contributed by atoms with Crippen LogP contribution in [0.4, 0.5) is 16.3 Å². The number of hydrogen-bond acceptors (Lipinski definition) is 7. The highest BCUT2D eigenvalue weighted by Crippen LogP contribution is 2.31. The number of ether oxygens (including phenoxy) is 2. The molecule has 3 heterocycles. The highest BCUT2D eigenvalue weighted by molar-refractivity contribution is 5.89. The molecule has 1 aromatic carbocycles. The van der Waals surface area contributed by atoms with E-state index in [9.17, 15) is 4.79 Å². The molecule has 0 bridgehead atoms. The molecule has 1 aromatic heterocycles. The summed E-state index contributed by atoms with van der Waals surface area (Å²) in [6.07, 6.45) is 0.917. The van der Waals surface area contributed by atoms with E-state index in [-0.39, 0.29) is 17.7 Å². The normalized spacial score (nSPS) is 18.6. The number of nitrogens with one attached hydrogen (secondary N) is 2. The number of rotatable bonds is 7. The molecule has 2 amide bonds. The SMILES string of the molecule is CCNC(=O)Nc1ccc(-c2nc3c(c(N4CCOCC4C)n2)CCN(CCOC(C)(C)C)C3)cc1. The minimum Gasteiger partial charge on any atom is -0.377 e. The predicted molar refractivity (Wildman–Crippen MR) is 142 cm³/mol. The number of anilines is 2. The Kier molecular flexibility index (Phi) is 8.43. The van der Waals surface area contributed by atoms with E-state index in [0.29, 0.717) is 32.2 Å². The molecule has 196 valence electrons. The van der Waals surface area contributed by atoms with Crippen LogP contribution < -0.4 is 15.5 Å². The van der Waals surface area contributed by atoms with Crippen LogP contribution in [0.2, 0.25) is 0 Å². The Labute approximate surface area is 214 Å². The first kappa shape index (κ1) is 26.3. The number of carbonyl (C=O) groups excluding carboxylic acids is 1. The zero-order valence-electron chi connectivity index (χ0n) is 22.3. The van der Waals surface area contributed by atoms with Crippen LogP contribution in [0.5, 0.6) is 0 Å². The van der Waals surface area contributed by atoms with Crippen molar-refractivity contribution in [3.63, 3.8) is 0 Å². The van der Waals surface area contributed by atoms with Crippen LogP contribution in [0.1, 0.15) is 45.9 Å². The topological polar surface area (TPSA) is 91.9 Å². The molecule has 9 nitrogen and oxygen atoms in total. The standard InChI is InChI=1S/C27H40N6O3/c1-6-28-26(34)29-21-9-7-20(8-10-21)24-30-23-17-32(13-16-36-27(3,4)5)12-11-22(23)25(31-24)33-14-15-35-18-19(33)2/h7-10,19H,6,11-18H2,1-5H3,(H2,28,29,34). The molecule has 0 aliphatic carbocycles. The minimum absolute atomic E-state index is 0.138. The van der Waals surface area contributed by atoms with Crippen molar-refractivity contribution in [1.29, 1.82) is 0 Å². The molecular weight excluding hydrogens is 456 g/mol. The van der Waals surface area contributed by atoms with E-state index >= 15 is 0 Å². The number of amides is 2. The summed E-state index contributed by atoms with van der Waals surface area (Å²) in [6.45, 7) is 16.5. The third-order valence-electron chi connectivity index (χ3n) is 6.44. The van der Waals surface area contributed by atoms with Crippen LogP contribution in [0.15, 0.2) is 24.3 Å². The fourth-order valence-corrected chi connectivity index (χ4v) is 4.58. The second-order valence-corrected chi connectivity index (χ2v) is 10.5. The molecule has 2 aliphatic heterocycles. The number of hydrogen-bond donors (Lipinski definition) is 2. The third kappa shape index (κ3) is 6.72. The smallest absolute Gasteiger partial charge is 0.319 e. The maximum absolute atomic E-state index is 11.9. The number of urea groups is 1. The summed E-state index contributed by atoms with van der Waals surface area (Å²) in [5.74, 6) is 1.74. The highest BCUT2D eigenvalue weighted by atomic mass is 16.5. The van der Waals surface area contributed by atoms with E-state index in [1.807, 2.05) is 31.2 Å². The van der Waals surface area contributed by atoms with Crippen LogP contribution in [0.25, 0.3) is 11.4 Å². The first-order valence-corrected chi connectivity index (χ1v) is 13.0. The minimum atomic E-state index is -0.214. The molecule has 0 saturated carbocycles. The highest BCUT2D eigenvalue weighted by Gasteiger charge is 2.29. The van der Waals surface area contributed by atoms with Gasteiger partial charge in [0.15, 0.2) is 5.82 Å². The molecule has 2 aliphatic rings. The fraction of sp³-hybridized carbons (Fsp3) is 0.593. The first-order valence-electron chi connectivity index (χ1n) is 13.0. The van der Waals surface area contributed by atoms with Crippen molar-refractivity contribution in [2.24, 2.45) is 0 Å². The summed E-state index contributed by atoms with van der Waals surface area (Å²) in [4.78, 5) is 26.8. The van der Waals surface area contributed by atoms with Gasteiger partial charge < -0.3 is 25.0 Å². The van der Waals surface area contributed by atoms with Crippen molar-refractivity contribution in [3.8, 4) is 11.4 Å². The number of benzene rings is 1. The Bertz CT molecular complexity index is 1040. The summed E-state index contributed by atoms with van der Waals surface area (Å²) in [7, 11) is 0. The molecular formula is C27H40N6O3. The monoisotopic (exact) mass is 496 g/mol. The van der Waals surface area contributed by atoms with E-state index in [2.05, 4.69) is 48.1 Å². The zero-order chi connectivity index (χ0) is 25.7. The Hall–Kier alpha value is -2.75. The Morgan fingerprint density at radius 3 is 2.67 bits per heavy atom. The molecule has 0 spiro atoms. The van der Waals surface area contributed by atoms with E-state index < -0.39 is 0 Å². The zero-order valence-corrected chi connectivity index (χ0v) is 22.3. The van der Waals surface area contributed by atoms with Crippen molar-refractivity contribution in [2.45, 2.75) is 59.2 Å². The Morgan fingerprint density at radius 2 is 1.97 bits per heavy atom. The lowest BCUT2D eigenvalue weighted by Gasteiger charge is -2.38. The second kappa shape index (κ2) is 11.5. The van der Waals surface area contributed by atoms with Crippen molar-refractivity contribution in [1.82, 2.24) is 20.2 Å². The van der Waals surface area contributed by atoms with Crippen molar-refractivity contribution in [2.75, 3.05) is 56.2 Å². The van der Waals surface area contributed by atoms with Gasteiger partial charge in [0.2, 0.25) is 0 Å². The number of nitrogens with zero attached hydrogens (tertiary/aromatic N) is 4. The average molecular weight is 497 g/mol. The van der Waals surface area contributed by atoms with Crippen LogP contribution in [-0.4, -0.2) is 78.5 Å². The van der Waals surface area contributed by atoms with Gasteiger partial charge in [-0.25, -0.2) is 14.8 Å². The molecule has 0 radical (unpaired) electrons. The quantitative estimate of drug-likeness (QED) is 0.604. The van der Waals surface area contributed by atoms with Gasteiger partial charge in [-0.1, -0.05) is 0 Å². The van der Waals surface area contributed by atoms with E-state index in [1.54, 1.807) is 0 Å². The van der Waals surface area contributed by atoms with Gasteiger partial charge in [-0.3, -0.25) is 4.90 Å². The van der Waals surface area contributed by atoms with E-state index in [0.717, 1.165) is 55.4 Å². The number of morpholine rings is 1. The number of carbonyl (C=O) groups is 1. The third-order valence-corrected chi connectivity index (χ3v) is 6.44. The molecule has 9 heteroatoms. The summed E-state index contributed by atoms with van der Waals surface area (Å²) in [5.41, 5.74) is 3.85. The van der Waals surface area contributed by atoms with E-state index in [1.165, 1.54) is 5.56 Å². The van der Waals surface area contributed by atoms with Gasteiger partial charge in [-0.05, 0) is 65.3 Å². The summed E-state index contributed by atoms with van der Waals surface area (Å²) in [5, 5.41) is 5.59. The number of fused-ring (bicyclic) bond motifs is 1. The van der Waals surface area contributed by atoms with Gasteiger partial charge in [0, 0.05) is 49.5 Å². The maximum atomic E-state index is 11.9. The molecule has 2 aromatic rings. The maximum Gasteiger partial charge on any atom is 0.319 e. The summed E-state index contributed by atoms with van der Waals surface area (Å²) < 4.78 is 11.7. The van der Waals surface area contributed by atoms with Crippen LogP contribution in [0.3, 0.4) is 0 Å². The Balaban J connectivity index is 1.60. The van der Waals surface area contributed by atoms with Gasteiger partial charge in [0.05, 0.1) is 37.2 Å². The lowest BCUT2D eigenvalue weighted by molar-refractivity contribution is -0.0145. The molecule has 2 N–H and O–H groups in total. The largest absolute Gasteiger partial charge is 0.377 e. The van der Waals surface area contributed by atoms with Crippen LogP contribution in [-0.2, 0) is 22.4 Å². The first-order chi connectivity index (χ1) is 17.2. The van der Waals surface area contributed by atoms with Gasteiger partial charge in [-0.15, -0.1) is 0 Å². The van der Waals surface area contributed by atoms with E-state index in [4.69, 9.17) is 19.4 Å². The van der Waals surface area contributed by atoms with Gasteiger partial charge >= 0.3 is 6.03 Å². The van der Waals surface area contributed by atoms with Crippen molar-refractivity contribution in [3.05, 3.63) is 35.5 Å². The predicted octanol–water partition coefficient (Wildman–Crippen LogP) is 3.68. The molecule has 1 unspecified atom stereocenters. The van der Waals surface area contributed by atoms with Crippen molar-refractivity contribution < 1.29 is 14.3 Å². The lowest BCUT2D eigenvalue weighted by Crippen LogP contribution is -2.45. The Morgan fingerprint density at radius 1 is 1.19 bits per heavy atom. The summed E-state index contributed by atoms with van der Waals surface area (Å²) in [6, 6.07) is 7.75. The summed E-state index contributed by atoms with van der Waals surface area (Å²) >= 11 is 0. The van der Waals surface area contributed by atoms with Gasteiger partial charge in [0.25, 0.3) is 0 Å². The molecule has 1 fully saturated rings. The average Bonchev–Trinajstić information content (AvgIpc) is 2.83. The number of aromatic nitrogens is 2. The molecule has 4 rings (SSSR count). The van der Waals surface area contributed by atoms with Gasteiger partial charge in [-0.2, -0.15) is 0 Å². The molecule has 1 atom stereocenters. The van der Waals surface area contributed by atoms with Crippen LogP contribution in [0, 0.1) is 0 Å². The molecule has 1 saturated heterocycles. The van der Waals surface area contributed by atoms with Gasteiger partial charge in [0.1, 0.15) is 5.82 Å². The second-order valence-electron chi connectivity index (χ2n) is 10.5. The van der Waals surface area contributed by atoms with Crippen molar-refractivity contribution >= 4 is 17.5 Å².